The van der Waals surface area contributed by atoms with Gasteiger partial charge in [-0.1, -0.05) is 6.92 Å². The van der Waals surface area contributed by atoms with Crippen molar-refractivity contribution in [3.05, 3.63) is 78.7 Å². The summed E-state index contributed by atoms with van der Waals surface area (Å²) in [4.78, 5) is 70.2. The van der Waals surface area contributed by atoms with Gasteiger partial charge in [0.05, 0.1) is 18.9 Å². The third-order valence-electron chi connectivity index (χ3n) is 11.2. The minimum Gasteiger partial charge on any atom is -0.452 e. The fourth-order valence-corrected chi connectivity index (χ4v) is 8.47. The molecule has 3 aliphatic rings. The molecule has 6 rings (SSSR count). The molecule has 0 radical (unpaired) electrons. The van der Waals surface area contributed by atoms with E-state index in [4.69, 9.17) is 9.73 Å². The van der Waals surface area contributed by atoms with Gasteiger partial charge in [0.15, 0.2) is 11.6 Å². The fraction of sp³-hybridized carbons (Fsp3) is 0.513. The smallest absolute Gasteiger partial charge is 0.416 e. The molecule has 4 N–H and O–H groups in total. The molecule has 1 saturated carbocycles. The first kappa shape index (κ1) is 35.3. The second-order valence-corrected chi connectivity index (χ2v) is 14.1. The maximum atomic E-state index is 13.7. The predicted molar refractivity (Wildman–Crippen MR) is 190 cm³/mol. The molecule has 1 fully saturated rings. The summed E-state index contributed by atoms with van der Waals surface area (Å²) in [5.41, 5.74) is 14.4. The number of aromatic nitrogens is 3. The van der Waals surface area contributed by atoms with E-state index in [1.165, 1.54) is 18.2 Å². The molecule has 1 aliphatic carbocycles. The van der Waals surface area contributed by atoms with Gasteiger partial charge in [-0.2, -0.15) is 0 Å². The molecular formula is C39H49N5O6. The van der Waals surface area contributed by atoms with Crippen LogP contribution in [-0.4, -0.2) is 80.5 Å². The Morgan fingerprint density at radius 3 is 2.24 bits per heavy atom. The Bertz CT molecular complexity index is 1950. The molecule has 3 aromatic heterocycles. The summed E-state index contributed by atoms with van der Waals surface area (Å²) in [6.45, 7) is 12.1. The number of H-pyrrole nitrogens is 3. The molecule has 11 heteroatoms. The van der Waals surface area contributed by atoms with Crippen molar-refractivity contribution in [2.45, 2.75) is 111 Å². The van der Waals surface area contributed by atoms with Crippen molar-refractivity contribution >= 4 is 29.3 Å². The van der Waals surface area contributed by atoms with Crippen LogP contribution in [0.3, 0.4) is 0 Å². The highest BCUT2D eigenvalue weighted by atomic mass is 16.5. The van der Waals surface area contributed by atoms with Crippen molar-refractivity contribution in [1.29, 1.82) is 0 Å². The van der Waals surface area contributed by atoms with Crippen LogP contribution in [0.4, 0.5) is 4.79 Å². The topological polar surface area (TPSA) is 161 Å². The number of amides is 2. The van der Waals surface area contributed by atoms with Gasteiger partial charge in [-0.15, -0.1) is 0 Å². The van der Waals surface area contributed by atoms with Crippen LogP contribution in [-0.2, 0) is 46.4 Å². The molecule has 5 heterocycles. The zero-order valence-electron chi connectivity index (χ0n) is 30.3. The molecule has 0 spiro atoms. The van der Waals surface area contributed by atoms with Gasteiger partial charge in [0.2, 0.25) is 5.91 Å². The number of imide groups is 1. The molecule has 2 unspecified atom stereocenters. The van der Waals surface area contributed by atoms with Crippen LogP contribution in [0.25, 0.3) is 0 Å². The van der Waals surface area contributed by atoms with E-state index in [-0.39, 0.29) is 49.0 Å². The number of unbranched alkanes of at least 4 members (excludes halogenated alkanes) is 1. The van der Waals surface area contributed by atoms with Gasteiger partial charge < -0.3 is 24.8 Å². The number of aromatic amines is 3. The van der Waals surface area contributed by atoms with Crippen molar-refractivity contribution in [2.24, 2.45) is 4.99 Å². The van der Waals surface area contributed by atoms with Crippen molar-refractivity contribution in [2.75, 3.05) is 20.3 Å². The number of ether oxygens (including phenoxy) is 1. The first-order chi connectivity index (χ1) is 23.9. The van der Waals surface area contributed by atoms with Gasteiger partial charge in [-0.05, 0) is 93.7 Å². The van der Waals surface area contributed by atoms with Crippen molar-refractivity contribution in [1.82, 2.24) is 19.9 Å². The Morgan fingerprint density at radius 2 is 1.56 bits per heavy atom. The average molecular weight is 684 g/mol. The molecule has 3 aromatic rings. The first-order valence-electron chi connectivity index (χ1n) is 17.8. The zero-order valence-corrected chi connectivity index (χ0v) is 30.3. The molecule has 2 amide bonds. The number of carbonyl (C=O) groups excluding carboxylic acids is 4. The van der Waals surface area contributed by atoms with Crippen LogP contribution in [0.1, 0.15) is 125 Å². The minimum absolute atomic E-state index is 0.0144. The monoisotopic (exact) mass is 683 g/mol. The summed E-state index contributed by atoms with van der Waals surface area (Å²) in [7, 11) is 1.25. The van der Waals surface area contributed by atoms with Crippen molar-refractivity contribution < 1.29 is 29.0 Å². The summed E-state index contributed by atoms with van der Waals surface area (Å²) >= 11 is 0. The van der Waals surface area contributed by atoms with Crippen molar-refractivity contribution in [3.63, 3.8) is 0 Å². The zero-order chi connectivity index (χ0) is 36.0. The van der Waals surface area contributed by atoms with E-state index in [0.29, 0.717) is 50.5 Å². The second-order valence-electron chi connectivity index (χ2n) is 14.1. The van der Waals surface area contributed by atoms with Gasteiger partial charge in [-0.3, -0.25) is 19.4 Å². The number of carbonyl (C=O) groups is 4. The van der Waals surface area contributed by atoms with Gasteiger partial charge in [0.1, 0.15) is 0 Å². The Balaban J connectivity index is 1.46. The Labute approximate surface area is 293 Å². The highest BCUT2D eigenvalue weighted by molar-refractivity contribution is 6.31. The molecule has 266 valence electrons. The molecule has 11 nitrogen and oxygen atoms in total. The average Bonchev–Trinajstić information content (AvgIpc) is 3.83. The molecule has 0 aromatic carbocycles. The van der Waals surface area contributed by atoms with Crippen LogP contribution in [0.2, 0.25) is 0 Å². The molecule has 2 aliphatic heterocycles. The summed E-state index contributed by atoms with van der Waals surface area (Å²) in [5, 5.41) is 9.24. The first-order valence-corrected chi connectivity index (χ1v) is 17.8. The second kappa shape index (κ2) is 14.0. The largest absolute Gasteiger partial charge is 0.452 e. The van der Waals surface area contributed by atoms with Crippen LogP contribution < -0.4 is 0 Å². The lowest BCUT2D eigenvalue weighted by molar-refractivity contribution is -0.129. The summed E-state index contributed by atoms with van der Waals surface area (Å²) in [6, 6.07) is -0.170. The number of hydrogen-bond donors (Lipinski definition) is 4. The lowest BCUT2D eigenvalue weighted by Gasteiger charge is -2.19. The normalized spacial score (nSPS) is 18.2. The number of aliphatic hydroxyl groups excluding tert-OH is 1. The molecule has 2 atom stereocenters. The highest BCUT2D eigenvalue weighted by Gasteiger charge is 2.43. The molecule has 0 saturated heterocycles. The number of aliphatic hydroxyl groups is 1. The fourth-order valence-electron chi connectivity index (χ4n) is 8.47. The Morgan fingerprint density at radius 1 is 0.900 bits per heavy atom. The number of Topliss-reactive ketones (excluding diaryl/α,β-unsaturated/α-hetero) is 2. The van der Waals surface area contributed by atoms with E-state index in [0.717, 1.165) is 79.0 Å². The predicted octanol–water partition coefficient (Wildman–Crippen LogP) is 5.60. The van der Waals surface area contributed by atoms with E-state index in [2.05, 4.69) is 28.8 Å². The quantitative estimate of drug-likeness (QED) is 0.170. The summed E-state index contributed by atoms with van der Waals surface area (Å²) < 4.78 is 4.91. The highest BCUT2D eigenvalue weighted by Crippen LogP contribution is 2.43. The van der Waals surface area contributed by atoms with Gasteiger partial charge >= 0.3 is 6.09 Å². The van der Waals surface area contributed by atoms with Crippen LogP contribution >= 0.6 is 0 Å². The van der Waals surface area contributed by atoms with Gasteiger partial charge in [0.25, 0.3) is 0 Å². The maximum Gasteiger partial charge on any atom is 0.416 e. The number of ketones is 2. The molecule has 8 bridgehead atoms. The SMILES string of the molecule is CCc1c2[nH]c(c1C)Cc1[nH]c(c(C)c1C(C)=O)Cc1[nH]c(c(CCC(=O)N(CCCCO)C(=O)OC)c1C)C1CC(=O)C3=C(C)C(C2)N=C31. The standard InChI is InChI=1S/C39H49N5O6/c1-8-24-19(2)27-18-32-35(23(6)46)21(4)29(41-32)16-28-20(3)25(11-12-34(48)44(39(49)50-7)13-9-10-14-45)37(42-28)26-15-33(47)36-22(5)30(43-38(26)36)17-31(24)40-27/h26,30,40-42,45H,8-18H2,1-7H3. The van der Waals surface area contributed by atoms with E-state index in [1.807, 2.05) is 20.8 Å². The minimum atomic E-state index is -0.718. The molecule has 50 heavy (non-hydrogen) atoms. The number of hydrogen-bond acceptors (Lipinski definition) is 7. The van der Waals surface area contributed by atoms with Crippen LogP contribution in [0.5, 0.6) is 0 Å². The van der Waals surface area contributed by atoms with Gasteiger partial charge in [0, 0.05) is 96.5 Å². The third kappa shape index (κ3) is 6.10. The van der Waals surface area contributed by atoms with E-state index < -0.39 is 6.09 Å². The number of methoxy groups -OCH3 is 1. The number of aliphatic imine (C=N–C) groups is 1. The molecular weight excluding hydrogens is 634 g/mol. The van der Waals surface area contributed by atoms with E-state index in [9.17, 15) is 24.3 Å². The Kier molecular flexibility index (Phi) is 9.90. The van der Waals surface area contributed by atoms with Crippen LogP contribution in [0.15, 0.2) is 16.1 Å². The van der Waals surface area contributed by atoms with Crippen molar-refractivity contribution in [3.8, 4) is 0 Å². The van der Waals surface area contributed by atoms with Crippen LogP contribution in [0, 0.1) is 20.8 Å². The Hall–Kier alpha value is -4.51. The summed E-state index contributed by atoms with van der Waals surface area (Å²) in [5.74, 6) is -0.549. The van der Waals surface area contributed by atoms with E-state index in [1.54, 1.807) is 6.92 Å². The number of rotatable bonds is 9. The number of fused-ring (bicyclic) bond motifs is 8. The lowest BCUT2D eigenvalue weighted by atomic mass is 9.93. The van der Waals surface area contributed by atoms with Gasteiger partial charge in [-0.25, -0.2) is 9.69 Å². The lowest BCUT2D eigenvalue weighted by Crippen LogP contribution is -2.37. The number of nitrogens with zero attached hydrogens (tertiary/aromatic N) is 2. The number of allylic oxidation sites excluding steroid dienone is 1. The van der Waals surface area contributed by atoms with E-state index >= 15 is 0 Å². The third-order valence-corrected chi connectivity index (χ3v) is 11.2. The number of nitrogens with one attached hydrogen (secondary N) is 3. The maximum absolute atomic E-state index is 13.7. The summed E-state index contributed by atoms with van der Waals surface area (Å²) in [6.07, 6.45) is 3.48.